The third kappa shape index (κ3) is 2.46. The van der Waals surface area contributed by atoms with Crippen molar-refractivity contribution in [2.24, 2.45) is 0 Å². The first-order valence-electron chi connectivity index (χ1n) is 5.50. The van der Waals surface area contributed by atoms with E-state index in [2.05, 4.69) is 0 Å². The molecule has 1 saturated heterocycles. The van der Waals surface area contributed by atoms with Crippen LogP contribution in [-0.4, -0.2) is 24.9 Å². The van der Waals surface area contributed by atoms with Crippen LogP contribution < -0.4 is 4.74 Å². The van der Waals surface area contributed by atoms with E-state index in [4.69, 9.17) is 14.2 Å². The number of ether oxygens (including phenoxy) is 3. The minimum absolute atomic E-state index is 0.140. The van der Waals surface area contributed by atoms with Crippen LogP contribution >= 0.6 is 0 Å². The molecular weight excluding hydrogens is 208 g/mol. The zero-order chi connectivity index (χ0) is 11.4. The molecule has 1 aromatic carbocycles. The first kappa shape index (κ1) is 11.2. The molecule has 4 nitrogen and oxygen atoms in total. The fourth-order valence-corrected chi connectivity index (χ4v) is 1.63. The van der Waals surface area contributed by atoms with Crippen molar-refractivity contribution in [2.75, 3.05) is 19.8 Å². The summed E-state index contributed by atoms with van der Waals surface area (Å²) in [5.41, 5.74) is 0.876. The highest BCUT2D eigenvalue weighted by Crippen LogP contribution is 2.31. The maximum atomic E-state index is 9.56. The molecule has 0 bridgehead atoms. The van der Waals surface area contributed by atoms with Crippen molar-refractivity contribution in [1.29, 1.82) is 0 Å². The minimum Gasteiger partial charge on any atom is -0.504 e. The third-order valence-electron chi connectivity index (χ3n) is 2.38. The molecule has 16 heavy (non-hydrogen) atoms. The lowest BCUT2D eigenvalue weighted by molar-refractivity contribution is -0.183. The van der Waals surface area contributed by atoms with Gasteiger partial charge in [0.05, 0.1) is 19.8 Å². The second-order valence-electron chi connectivity index (χ2n) is 3.59. The molecule has 88 valence electrons. The summed E-state index contributed by atoms with van der Waals surface area (Å²) in [6.07, 6.45) is 0.584. The van der Waals surface area contributed by atoms with Crippen molar-refractivity contribution < 1.29 is 19.3 Å². The largest absolute Gasteiger partial charge is 0.504 e. The third-order valence-corrected chi connectivity index (χ3v) is 2.38. The molecule has 2 rings (SSSR count). The van der Waals surface area contributed by atoms with Gasteiger partial charge in [-0.1, -0.05) is 6.07 Å². The van der Waals surface area contributed by atoms with Crippen molar-refractivity contribution in [3.63, 3.8) is 0 Å². The van der Waals surface area contributed by atoms with E-state index in [1.54, 1.807) is 18.2 Å². The van der Waals surface area contributed by atoms with Crippen molar-refractivity contribution in [2.45, 2.75) is 19.6 Å². The van der Waals surface area contributed by atoms with Crippen LogP contribution in [0.15, 0.2) is 18.2 Å². The van der Waals surface area contributed by atoms with Gasteiger partial charge in [-0.05, 0) is 25.5 Å². The summed E-state index contributed by atoms with van der Waals surface area (Å²) in [4.78, 5) is 0. The molecule has 1 aliphatic rings. The molecule has 0 spiro atoms. The monoisotopic (exact) mass is 224 g/mol. The van der Waals surface area contributed by atoms with E-state index < -0.39 is 0 Å². The number of phenolic OH excluding ortho intramolecular Hbond substituents is 1. The second kappa shape index (κ2) is 5.18. The lowest BCUT2D eigenvalue weighted by Crippen LogP contribution is -2.17. The molecule has 4 heteroatoms. The highest BCUT2D eigenvalue weighted by atomic mass is 16.7. The van der Waals surface area contributed by atoms with Crippen LogP contribution in [-0.2, 0) is 9.47 Å². The lowest BCUT2D eigenvalue weighted by Gasteiger charge is -2.23. The number of aromatic hydroxyl groups is 1. The molecule has 0 saturated carbocycles. The Labute approximate surface area is 94.8 Å². The quantitative estimate of drug-likeness (QED) is 0.855. The molecule has 0 amide bonds. The van der Waals surface area contributed by atoms with Crippen molar-refractivity contribution in [1.82, 2.24) is 0 Å². The van der Waals surface area contributed by atoms with Gasteiger partial charge >= 0.3 is 0 Å². The van der Waals surface area contributed by atoms with Crippen molar-refractivity contribution in [3.05, 3.63) is 23.8 Å². The molecule has 0 aliphatic carbocycles. The normalized spacial score (nSPS) is 17.3. The topological polar surface area (TPSA) is 47.9 Å². The maximum absolute atomic E-state index is 9.56. The summed E-state index contributed by atoms with van der Waals surface area (Å²) in [6.45, 7) is 3.80. The van der Waals surface area contributed by atoms with Gasteiger partial charge in [-0.2, -0.15) is 0 Å². The minimum atomic E-state index is -0.339. The molecule has 0 aromatic heterocycles. The predicted molar refractivity (Wildman–Crippen MR) is 58.5 cm³/mol. The average Bonchev–Trinajstić information content (AvgIpc) is 2.33. The summed E-state index contributed by atoms with van der Waals surface area (Å²) in [6, 6.07) is 5.14. The van der Waals surface area contributed by atoms with E-state index in [1.807, 2.05) is 6.92 Å². The Kier molecular flexibility index (Phi) is 3.64. The summed E-state index contributed by atoms with van der Waals surface area (Å²) in [5, 5.41) is 9.56. The Morgan fingerprint density at radius 3 is 2.81 bits per heavy atom. The highest BCUT2D eigenvalue weighted by Gasteiger charge is 2.18. The molecule has 0 atom stereocenters. The van der Waals surface area contributed by atoms with Gasteiger partial charge < -0.3 is 19.3 Å². The smallest absolute Gasteiger partial charge is 0.183 e. The maximum Gasteiger partial charge on any atom is 0.183 e. The SMILES string of the molecule is CCOc1cc(C2OCCCO2)ccc1O. The highest BCUT2D eigenvalue weighted by molar-refractivity contribution is 5.42. The van der Waals surface area contributed by atoms with Crippen molar-refractivity contribution >= 4 is 0 Å². The summed E-state index contributed by atoms with van der Waals surface area (Å²) in [5.74, 6) is 0.610. The van der Waals surface area contributed by atoms with Crippen LogP contribution in [0.25, 0.3) is 0 Å². The molecule has 1 fully saturated rings. The van der Waals surface area contributed by atoms with E-state index in [0.717, 1.165) is 12.0 Å². The molecular formula is C12H16O4. The van der Waals surface area contributed by atoms with Crippen LogP contribution in [0.3, 0.4) is 0 Å². The number of phenols is 1. The van der Waals surface area contributed by atoms with E-state index in [9.17, 15) is 5.11 Å². The first-order chi connectivity index (χ1) is 7.81. The van der Waals surface area contributed by atoms with E-state index in [-0.39, 0.29) is 12.0 Å². The van der Waals surface area contributed by atoms with Crippen LogP contribution in [0.2, 0.25) is 0 Å². The van der Waals surface area contributed by atoms with E-state index in [1.165, 1.54) is 0 Å². The fourth-order valence-electron chi connectivity index (χ4n) is 1.63. The van der Waals surface area contributed by atoms with Crippen LogP contribution in [0.5, 0.6) is 11.5 Å². The summed E-state index contributed by atoms with van der Waals surface area (Å²) >= 11 is 0. The molecule has 1 aromatic rings. The Hall–Kier alpha value is -1.26. The van der Waals surface area contributed by atoms with Gasteiger partial charge in [-0.15, -0.1) is 0 Å². The number of hydrogen-bond acceptors (Lipinski definition) is 4. The van der Waals surface area contributed by atoms with Gasteiger partial charge in [0, 0.05) is 5.56 Å². The van der Waals surface area contributed by atoms with Crippen LogP contribution in [0.1, 0.15) is 25.2 Å². The predicted octanol–water partition coefficient (Wildman–Crippen LogP) is 2.23. The van der Waals surface area contributed by atoms with Crippen LogP contribution in [0, 0.1) is 0 Å². The first-order valence-corrected chi connectivity index (χ1v) is 5.50. The van der Waals surface area contributed by atoms with Gasteiger partial charge in [0.25, 0.3) is 0 Å². The molecule has 0 radical (unpaired) electrons. The zero-order valence-corrected chi connectivity index (χ0v) is 9.31. The number of benzene rings is 1. The Bertz CT molecular complexity index is 345. The number of rotatable bonds is 3. The van der Waals surface area contributed by atoms with Gasteiger partial charge in [-0.25, -0.2) is 0 Å². The standard InChI is InChI=1S/C12H16O4/c1-2-14-11-8-9(4-5-10(11)13)12-15-6-3-7-16-12/h4-5,8,12-13H,2-3,6-7H2,1H3. The van der Waals surface area contributed by atoms with Gasteiger partial charge in [0.15, 0.2) is 17.8 Å². The van der Waals surface area contributed by atoms with Gasteiger partial charge in [0.2, 0.25) is 0 Å². The molecule has 1 N–H and O–H groups in total. The second-order valence-corrected chi connectivity index (χ2v) is 3.59. The summed E-state index contributed by atoms with van der Waals surface area (Å²) in [7, 11) is 0. The van der Waals surface area contributed by atoms with Gasteiger partial charge in [0.1, 0.15) is 0 Å². The Balaban J connectivity index is 2.17. The average molecular weight is 224 g/mol. The fraction of sp³-hybridized carbons (Fsp3) is 0.500. The Morgan fingerprint density at radius 1 is 1.38 bits per heavy atom. The zero-order valence-electron chi connectivity index (χ0n) is 9.31. The van der Waals surface area contributed by atoms with Crippen molar-refractivity contribution in [3.8, 4) is 11.5 Å². The van der Waals surface area contributed by atoms with Gasteiger partial charge in [-0.3, -0.25) is 0 Å². The molecule has 0 unspecified atom stereocenters. The van der Waals surface area contributed by atoms with Crippen LogP contribution in [0.4, 0.5) is 0 Å². The lowest BCUT2D eigenvalue weighted by atomic mass is 10.2. The molecule has 1 aliphatic heterocycles. The summed E-state index contributed by atoms with van der Waals surface area (Å²) < 4.78 is 16.3. The van der Waals surface area contributed by atoms with E-state index in [0.29, 0.717) is 25.6 Å². The Morgan fingerprint density at radius 2 is 2.12 bits per heavy atom. The molecule has 1 heterocycles. The number of hydrogen-bond donors (Lipinski definition) is 1. The van der Waals surface area contributed by atoms with E-state index >= 15 is 0 Å².